The second-order valence-corrected chi connectivity index (χ2v) is 6.01. The zero-order chi connectivity index (χ0) is 15.2. The van der Waals surface area contributed by atoms with E-state index in [2.05, 4.69) is 0 Å². The molecule has 4 nitrogen and oxygen atoms in total. The van der Waals surface area contributed by atoms with Crippen molar-refractivity contribution in [1.29, 1.82) is 0 Å². The van der Waals surface area contributed by atoms with E-state index in [1.54, 1.807) is 31.4 Å². The number of methoxy groups -OCH3 is 1. The Bertz CT molecular complexity index is 650. The normalized spacial score (nSPS) is 11.9. The van der Waals surface area contributed by atoms with Gasteiger partial charge in [0.15, 0.2) is 0 Å². The first-order chi connectivity index (χ1) is 10.1. The van der Waals surface area contributed by atoms with Crippen LogP contribution in [-0.4, -0.2) is 22.4 Å². The quantitative estimate of drug-likeness (QED) is 0.891. The molecule has 0 heterocycles. The molecular weight excluding hydrogens is 288 g/mol. The number of benzene rings is 2. The van der Waals surface area contributed by atoms with E-state index in [9.17, 15) is 9.00 Å². The first-order valence-corrected chi connectivity index (χ1v) is 7.72. The molecule has 0 aromatic heterocycles. The highest BCUT2D eigenvalue weighted by atomic mass is 32.2. The number of hydrogen-bond donors (Lipinski definition) is 1. The van der Waals surface area contributed by atoms with Gasteiger partial charge < -0.3 is 9.84 Å². The van der Waals surface area contributed by atoms with Gasteiger partial charge in [-0.25, -0.2) is 0 Å². The molecule has 0 spiro atoms. The summed E-state index contributed by atoms with van der Waals surface area (Å²) in [5, 5.41) is 8.72. The topological polar surface area (TPSA) is 63.6 Å². The maximum absolute atomic E-state index is 12.3. The summed E-state index contributed by atoms with van der Waals surface area (Å²) < 4.78 is 17.4. The fourth-order valence-corrected chi connectivity index (χ4v) is 3.02. The monoisotopic (exact) mass is 304 g/mol. The van der Waals surface area contributed by atoms with Crippen molar-refractivity contribution in [3.8, 4) is 5.75 Å². The standard InChI is InChI=1S/C16H16O4S/c1-20-14-4-2-3-13(9-14)11-21(19)15-7-5-12(6-8-15)10-16(17)18/h2-9H,10-11H2,1H3,(H,17,18). The fraction of sp³-hybridized carbons (Fsp3) is 0.188. The van der Waals surface area contributed by atoms with E-state index in [1.807, 2.05) is 24.3 Å². The number of carbonyl (C=O) groups is 1. The molecular formula is C16H16O4S. The predicted molar refractivity (Wildman–Crippen MR) is 80.9 cm³/mol. The molecule has 0 aliphatic carbocycles. The van der Waals surface area contributed by atoms with Gasteiger partial charge in [-0.05, 0) is 35.4 Å². The molecule has 110 valence electrons. The minimum atomic E-state index is -1.17. The van der Waals surface area contributed by atoms with Crippen LogP contribution in [0.15, 0.2) is 53.4 Å². The Kier molecular flexibility index (Phi) is 5.11. The third kappa shape index (κ3) is 4.43. The molecule has 0 bridgehead atoms. The molecule has 1 N–H and O–H groups in total. The van der Waals surface area contributed by atoms with E-state index >= 15 is 0 Å². The van der Waals surface area contributed by atoms with Crippen molar-refractivity contribution in [2.75, 3.05) is 7.11 Å². The summed E-state index contributed by atoms with van der Waals surface area (Å²) in [5.41, 5.74) is 1.63. The van der Waals surface area contributed by atoms with E-state index in [1.165, 1.54) is 0 Å². The number of ether oxygens (including phenoxy) is 1. The maximum atomic E-state index is 12.3. The van der Waals surface area contributed by atoms with Gasteiger partial charge in [0.25, 0.3) is 0 Å². The Balaban J connectivity index is 2.07. The third-order valence-corrected chi connectivity index (χ3v) is 4.37. The molecule has 0 saturated heterocycles. The number of carboxylic acid groups (broad SMARTS) is 1. The molecule has 0 radical (unpaired) electrons. The van der Waals surface area contributed by atoms with Crippen molar-refractivity contribution in [2.24, 2.45) is 0 Å². The minimum Gasteiger partial charge on any atom is -0.497 e. The average molecular weight is 304 g/mol. The van der Waals surface area contributed by atoms with Crippen LogP contribution in [0.2, 0.25) is 0 Å². The van der Waals surface area contributed by atoms with Gasteiger partial charge in [0.2, 0.25) is 0 Å². The zero-order valence-corrected chi connectivity index (χ0v) is 12.4. The summed E-state index contributed by atoms with van der Waals surface area (Å²) in [7, 11) is 0.426. The molecule has 2 aromatic carbocycles. The molecule has 21 heavy (non-hydrogen) atoms. The van der Waals surface area contributed by atoms with E-state index in [-0.39, 0.29) is 6.42 Å². The lowest BCUT2D eigenvalue weighted by atomic mass is 10.2. The van der Waals surface area contributed by atoms with Gasteiger partial charge in [0.05, 0.1) is 30.1 Å². The van der Waals surface area contributed by atoms with Crippen molar-refractivity contribution in [2.45, 2.75) is 17.1 Å². The lowest BCUT2D eigenvalue weighted by molar-refractivity contribution is -0.136. The molecule has 0 aliphatic heterocycles. The Morgan fingerprint density at radius 2 is 1.86 bits per heavy atom. The Morgan fingerprint density at radius 3 is 2.48 bits per heavy atom. The highest BCUT2D eigenvalue weighted by Crippen LogP contribution is 2.17. The number of carboxylic acids is 1. The predicted octanol–water partition coefficient (Wildman–Crippen LogP) is 2.63. The zero-order valence-electron chi connectivity index (χ0n) is 11.6. The Labute approximate surface area is 125 Å². The molecule has 0 fully saturated rings. The smallest absolute Gasteiger partial charge is 0.307 e. The molecule has 2 rings (SSSR count). The molecule has 1 unspecified atom stereocenters. The maximum Gasteiger partial charge on any atom is 0.307 e. The van der Waals surface area contributed by atoms with E-state index < -0.39 is 16.8 Å². The van der Waals surface area contributed by atoms with Crippen LogP contribution in [0.3, 0.4) is 0 Å². The van der Waals surface area contributed by atoms with Crippen molar-refractivity contribution in [3.63, 3.8) is 0 Å². The van der Waals surface area contributed by atoms with Gasteiger partial charge in [-0.1, -0.05) is 24.3 Å². The lowest BCUT2D eigenvalue weighted by Crippen LogP contribution is -2.01. The van der Waals surface area contributed by atoms with Crippen molar-refractivity contribution in [1.82, 2.24) is 0 Å². The summed E-state index contributed by atoms with van der Waals surface area (Å²) >= 11 is 0. The second kappa shape index (κ2) is 7.04. The molecule has 0 saturated carbocycles. The fourth-order valence-electron chi connectivity index (χ4n) is 1.93. The highest BCUT2D eigenvalue weighted by Gasteiger charge is 2.07. The minimum absolute atomic E-state index is 0.0250. The summed E-state index contributed by atoms with van der Waals surface area (Å²) in [4.78, 5) is 11.3. The number of aliphatic carboxylic acids is 1. The number of rotatable bonds is 6. The van der Waals surface area contributed by atoms with Crippen LogP contribution in [0, 0.1) is 0 Å². The average Bonchev–Trinajstić information content (AvgIpc) is 2.47. The Morgan fingerprint density at radius 1 is 1.14 bits per heavy atom. The summed E-state index contributed by atoms with van der Waals surface area (Å²) in [6.07, 6.45) is -0.0250. The van der Waals surface area contributed by atoms with Crippen LogP contribution >= 0.6 is 0 Å². The van der Waals surface area contributed by atoms with Gasteiger partial charge in [-0.15, -0.1) is 0 Å². The van der Waals surface area contributed by atoms with E-state index in [4.69, 9.17) is 9.84 Å². The van der Waals surface area contributed by atoms with E-state index in [0.717, 1.165) is 11.3 Å². The summed E-state index contributed by atoms with van der Waals surface area (Å²) in [6, 6.07) is 14.3. The van der Waals surface area contributed by atoms with Crippen LogP contribution in [0.1, 0.15) is 11.1 Å². The largest absolute Gasteiger partial charge is 0.497 e. The summed E-state index contributed by atoms with van der Waals surface area (Å²) in [6.45, 7) is 0. The third-order valence-electron chi connectivity index (χ3n) is 2.97. The van der Waals surface area contributed by atoms with Gasteiger partial charge in [-0.3, -0.25) is 9.00 Å². The van der Waals surface area contributed by atoms with Crippen LogP contribution < -0.4 is 4.74 Å². The lowest BCUT2D eigenvalue weighted by Gasteiger charge is -2.06. The molecule has 0 aliphatic rings. The molecule has 2 aromatic rings. The van der Waals surface area contributed by atoms with Crippen LogP contribution in [0.4, 0.5) is 0 Å². The second-order valence-electron chi connectivity index (χ2n) is 4.56. The van der Waals surface area contributed by atoms with Crippen LogP contribution in [-0.2, 0) is 27.8 Å². The molecule has 5 heteroatoms. The Hall–Kier alpha value is -2.14. The SMILES string of the molecule is COc1cccc(CS(=O)c2ccc(CC(=O)O)cc2)c1. The highest BCUT2D eigenvalue weighted by molar-refractivity contribution is 7.84. The van der Waals surface area contributed by atoms with Crippen LogP contribution in [0.5, 0.6) is 5.75 Å². The van der Waals surface area contributed by atoms with Crippen molar-refractivity contribution < 1.29 is 18.8 Å². The molecule has 0 amide bonds. The van der Waals surface area contributed by atoms with Gasteiger partial charge in [0.1, 0.15) is 5.75 Å². The first kappa shape index (κ1) is 15.3. The van der Waals surface area contributed by atoms with Crippen molar-refractivity contribution in [3.05, 3.63) is 59.7 Å². The number of hydrogen-bond acceptors (Lipinski definition) is 3. The van der Waals surface area contributed by atoms with Crippen molar-refractivity contribution >= 4 is 16.8 Å². The van der Waals surface area contributed by atoms with Gasteiger partial charge in [0, 0.05) is 4.90 Å². The van der Waals surface area contributed by atoms with Gasteiger partial charge >= 0.3 is 5.97 Å². The van der Waals surface area contributed by atoms with Crippen LogP contribution in [0.25, 0.3) is 0 Å². The molecule has 1 atom stereocenters. The van der Waals surface area contributed by atoms with Gasteiger partial charge in [-0.2, -0.15) is 0 Å². The first-order valence-electron chi connectivity index (χ1n) is 6.40. The summed E-state index contributed by atoms with van der Waals surface area (Å²) in [5.74, 6) is 0.261. The van der Waals surface area contributed by atoms with E-state index in [0.29, 0.717) is 16.2 Å².